The Morgan fingerprint density at radius 3 is 2.76 bits per heavy atom. The predicted octanol–water partition coefficient (Wildman–Crippen LogP) is 4.76. The molecule has 0 aliphatic rings. The van der Waals surface area contributed by atoms with Crippen molar-refractivity contribution >= 4 is 39.2 Å². The van der Waals surface area contributed by atoms with Gasteiger partial charge in [-0.05, 0) is 50.5 Å². The number of benzene rings is 2. The number of anilines is 2. The molecule has 0 bridgehead atoms. The Balaban J connectivity index is 1.52. The molecule has 0 spiro atoms. The molecule has 0 atom stereocenters. The van der Waals surface area contributed by atoms with E-state index >= 15 is 4.39 Å². The molecule has 34 heavy (non-hydrogen) atoms. The fraction of sp³-hybridized carbons (Fsp3) is 0.292. The molecule has 0 saturated heterocycles. The zero-order valence-electron chi connectivity index (χ0n) is 18.9. The van der Waals surface area contributed by atoms with E-state index in [-0.39, 0.29) is 12.2 Å². The van der Waals surface area contributed by atoms with E-state index in [1.165, 1.54) is 6.33 Å². The maximum absolute atomic E-state index is 15.1. The van der Waals surface area contributed by atoms with Gasteiger partial charge in [-0.25, -0.2) is 19.8 Å². The number of carbonyl (C=O) groups excluding carboxylic acids is 1. The van der Waals surface area contributed by atoms with Gasteiger partial charge in [-0.3, -0.25) is 10.0 Å². The molecule has 2 heterocycles. The van der Waals surface area contributed by atoms with Crippen LogP contribution < -0.4 is 20.3 Å². The second-order valence-corrected chi connectivity index (χ2v) is 7.90. The summed E-state index contributed by atoms with van der Waals surface area (Å²) >= 11 is 0. The van der Waals surface area contributed by atoms with Gasteiger partial charge in [0.05, 0.1) is 24.9 Å². The zero-order valence-corrected chi connectivity index (χ0v) is 18.9. The number of methoxy groups -OCH3 is 1. The summed E-state index contributed by atoms with van der Waals surface area (Å²) < 4.78 is 26.4. The third-order valence-electron chi connectivity index (χ3n) is 5.48. The highest BCUT2D eigenvalue weighted by Crippen LogP contribution is 2.35. The Kier molecular flexibility index (Phi) is 7.07. The summed E-state index contributed by atoms with van der Waals surface area (Å²) in [6.07, 6.45) is 3.83. The smallest absolute Gasteiger partial charge is 0.243 e. The summed E-state index contributed by atoms with van der Waals surface area (Å²) in [5.74, 6) is 0.717. The molecule has 0 aliphatic heterocycles. The summed E-state index contributed by atoms with van der Waals surface area (Å²) in [7, 11) is 1.54. The highest BCUT2D eigenvalue weighted by molar-refractivity contribution is 5.94. The normalized spacial score (nSPS) is 11.1. The largest absolute Gasteiger partial charge is 0.493 e. The van der Waals surface area contributed by atoms with E-state index in [1.54, 1.807) is 36.9 Å². The number of unbranched alkanes of at least 4 members (excludes halogenated alkanes) is 2. The molecule has 4 N–H and O–H groups in total. The van der Waals surface area contributed by atoms with E-state index in [0.717, 1.165) is 24.1 Å². The van der Waals surface area contributed by atoms with Gasteiger partial charge >= 0.3 is 0 Å². The maximum Gasteiger partial charge on any atom is 0.243 e. The molecule has 0 radical (unpaired) electrons. The summed E-state index contributed by atoms with van der Waals surface area (Å²) in [4.78, 5) is 22.8. The third-order valence-corrected chi connectivity index (χ3v) is 5.48. The van der Waals surface area contributed by atoms with Crippen molar-refractivity contribution in [2.75, 3.05) is 19.0 Å². The summed E-state index contributed by atoms with van der Waals surface area (Å²) in [6.45, 7) is 2.31. The minimum absolute atomic E-state index is 0.264. The number of aryl methyl sites for hydroxylation is 1. The van der Waals surface area contributed by atoms with Crippen LogP contribution in [-0.4, -0.2) is 39.8 Å². The molecule has 0 unspecified atom stereocenters. The molecule has 0 fully saturated rings. The first-order chi connectivity index (χ1) is 16.5. The highest BCUT2D eigenvalue weighted by atomic mass is 19.1. The first-order valence-corrected chi connectivity index (χ1v) is 10.9. The van der Waals surface area contributed by atoms with Crippen molar-refractivity contribution in [2.24, 2.45) is 0 Å². The third kappa shape index (κ3) is 5.01. The molecule has 178 valence electrons. The zero-order chi connectivity index (χ0) is 24.1. The average molecular weight is 468 g/mol. The van der Waals surface area contributed by atoms with Crippen LogP contribution in [0.3, 0.4) is 0 Å². The van der Waals surface area contributed by atoms with E-state index in [2.05, 4.69) is 20.3 Å². The van der Waals surface area contributed by atoms with Gasteiger partial charge in [0, 0.05) is 34.5 Å². The van der Waals surface area contributed by atoms with Gasteiger partial charge in [-0.15, -0.1) is 0 Å². The van der Waals surface area contributed by atoms with Crippen LogP contribution in [0.5, 0.6) is 11.5 Å². The molecule has 0 saturated carbocycles. The number of carbonyl (C=O) groups is 1. The lowest BCUT2D eigenvalue weighted by Gasteiger charge is -2.14. The van der Waals surface area contributed by atoms with Crippen LogP contribution in [0.2, 0.25) is 0 Å². The van der Waals surface area contributed by atoms with Gasteiger partial charge in [0.15, 0.2) is 17.3 Å². The van der Waals surface area contributed by atoms with Crippen molar-refractivity contribution in [3.8, 4) is 11.5 Å². The van der Waals surface area contributed by atoms with Crippen molar-refractivity contribution in [3.63, 3.8) is 0 Å². The lowest BCUT2D eigenvalue weighted by molar-refractivity contribution is -0.129. The number of halogens is 1. The van der Waals surface area contributed by atoms with Gasteiger partial charge < -0.3 is 19.8 Å². The number of fused-ring (bicyclic) bond motifs is 2. The van der Waals surface area contributed by atoms with E-state index in [9.17, 15) is 4.79 Å². The Morgan fingerprint density at radius 1 is 1.12 bits per heavy atom. The average Bonchev–Trinajstić information content (AvgIpc) is 3.23. The Labute approximate surface area is 195 Å². The van der Waals surface area contributed by atoms with Crippen LogP contribution in [0.1, 0.15) is 31.4 Å². The van der Waals surface area contributed by atoms with Gasteiger partial charge in [-0.1, -0.05) is 0 Å². The quantitative estimate of drug-likeness (QED) is 0.151. The monoisotopic (exact) mass is 467 g/mol. The Morgan fingerprint density at radius 2 is 1.97 bits per heavy atom. The van der Waals surface area contributed by atoms with Gasteiger partial charge in [0.1, 0.15) is 12.1 Å². The molecular formula is C24H26FN5O4. The second-order valence-electron chi connectivity index (χ2n) is 7.90. The highest BCUT2D eigenvalue weighted by Gasteiger charge is 2.15. The van der Waals surface area contributed by atoms with Crippen molar-refractivity contribution in [1.29, 1.82) is 0 Å². The van der Waals surface area contributed by atoms with Crippen molar-refractivity contribution in [3.05, 3.63) is 48.2 Å². The number of nitrogens with one attached hydrogen (secondary N) is 3. The van der Waals surface area contributed by atoms with E-state index in [0.29, 0.717) is 52.3 Å². The number of hydrogen-bond acceptors (Lipinski definition) is 7. The number of nitrogens with zero attached hydrogens (tertiary/aromatic N) is 2. The van der Waals surface area contributed by atoms with Crippen molar-refractivity contribution < 1.29 is 23.9 Å². The molecule has 0 aliphatic carbocycles. The number of aromatic amines is 1. The predicted molar refractivity (Wildman–Crippen MR) is 126 cm³/mol. The van der Waals surface area contributed by atoms with E-state index in [1.807, 2.05) is 13.0 Å². The molecule has 4 aromatic rings. The number of hydroxylamine groups is 1. The first-order valence-electron chi connectivity index (χ1n) is 10.9. The Hall–Kier alpha value is -3.92. The molecule has 2 aromatic carbocycles. The summed E-state index contributed by atoms with van der Waals surface area (Å²) in [6, 6.07) is 8.77. The molecular weight excluding hydrogens is 441 g/mol. The number of H-pyrrole nitrogens is 1. The van der Waals surface area contributed by atoms with Crippen molar-refractivity contribution in [2.45, 2.75) is 32.6 Å². The fourth-order valence-electron chi connectivity index (χ4n) is 3.77. The molecule has 2 aromatic heterocycles. The molecule has 9 nitrogen and oxygen atoms in total. The van der Waals surface area contributed by atoms with Crippen LogP contribution in [0.25, 0.3) is 21.8 Å². The summed E-state index contributed by atoms with van der Waals surface area (Å²) in [5.41, 5.74) is 4.15. The molecule has 10 heteroatoms. The van der Waals surface area contributed by atoms with E-state index < -0.39 is 5.91 Å². The first kappa shape index (κ1) is 23.2. The lowest BCUT2D eigenvalue weighted by Crippen LogP contribution is -2.17. The van der Waals surface area contributed by atoms with Crippen LogP contribution in [0.15, 0.2) is 36.7 Å². The van der Waals surface area contributed by atoms with Crippen LogP contribution >= 0.6 is 0 Å². The van der Waals surface area contributed by atoms with Gasteiger partial charge in [0.25, 0.3) is 0 Å². The topological polar surface area (TPSA) is 121 Å². The van der Waals surface area contributed by atoms with Gasteiger partial charge in [-0.2, -0.15) is 0 Å². The maximum atomic E-state index is 15.1. The number of rotatable bonds is 10. The van der Waals surface area contributed by atoms with Crippen molar-refractivity contribution in [1.82, 2.24) is 20.4 Å². The van der Waals surface area contributed by atoms with Gasteiger partial charge in [0.2, 0.25) is 5.91 Å². The van der Waals surface area contributed by atoms with Crippen LogP contribution in [-0.2, 0) is 4.79 Å². The number of ether oxygens (including phenoxy) is 2. The Bertz CT molecular complexity index is 1320. The van der Waals surface area contributed by atoms with Crippen LogP contribution in [0, 0.1) is 12.7 Å². The van der Waals surface area contributed by atoms with E-state index in [4.69, 9.17) is 14.7 Å². The molecule has 1 amide bonds. The summed E-state index contributed by atoms with van der Waals surface area (Å²) in [5, 5.41) is 12.8. The molecule has 4 rings (SSSR count). The fourth-order valence-corrected chi connectivity index (χ4v) is 3.77. The second kappa shape index (κ2) is 10.3. The SMILES string of the molecule is COc1cc2c(Nc3ccc4[nH]c(C)cc4c3F)ncnc2cc1OCCCCCC(=O)NO. The number of amides is 1. The number of aromatic nitrogens is 3. The minimum atomic E-state index is -0.399. The minimum Gasteiger partial charge on any atom is -0.493 e. The standard InChI is InChI=1S/C24H26FN5O4/c1-14-10-15-17(28-14)7-8-18(23(15)25)29-24-16-11-20(33-2)21(12-19(16)26-13-27-24)34-9-5-3-4-6-22(31)30-32/h7-8,10-13,28,32H,3-6,9H2,1-2H3,(H,30,31)(H,26,27,29). The number of hydrogen-bond donors (Lipinski definition) is 4. The van der Waals surface area contributed by atoms with Crippen LogP contribution in [0.4, 0.5) is 15.9 Å². The lowest BCUT2D eigenvalue weighted by atomic mass is 10.1.